The molecule has 2 aliphatic rings. The van der Waals surface area contributed by atoms with E-state index in [-0.39, 0.29) is 35.0 Å². The van der Waals surface area contributed by atoms with E-state index in [4.69, 9.17) is 21.1 Å². The van der Waals surface area contributed by atoms with Crippen molar-refractivity contribution in [2.75, 3.05) is 6.79 Å². The van der Waals surface area contributed by atoms with Crippen molar-refractivity contribution in [1.82, 2.24) is 4.90 Å². The van der Waals surface area contributed by atoms with Gasteiger partial charge in [-0.05, 0) is 42.7 Å². The molecule has 26 heavy (non-hydrogen) atoms. The Balaban J connectivity index is 1.60. The second-order valence-electron chi connectivity index (χ2n) is 6.28. The average molecular weight is 375 g/mol. The van der Waals surface area contributed by atoms with Crippen molar-refractivity contribution >= 4 is 23.2 Å². The highest BCUT2D eigenvalue weighted by molar-refractivity contribution is 6.32. The summed E-state index contributed by atoms with van der Waals surface area (Å²) in [5, 5.41) is 11.1. The number of halogens is 1. The maximum atomic E-state index is 13.0. The number of nitro benzene ring substituents is 1. The Kier molecular flexibility index (Phi) is 4.16. The molecule has 4 rings (SSSR count). The first-order valence-corrected chi connectivity index (χ1v) is 8.54. The molecule has 2 aromatic carbocycles. The standard InChI is InChI=1S/C18H15ClN2O5/c19-14-5-2-12(8-15(14)21(23)24)18(22)20(13-3-4-13)9-11-1-6-16-17(7-11)26-10-25-16/h1-2,5-8,13H,3-4,9-10H2. The van der Waals surface area contributed by atoms with Gasteiger partial charge in [0, 0.05) is 24.2 Å². The van der Waals surface area contributed by atoms with Gasteiger partial charge in [-0.25, -0.2) is 0 Å². The molecule has 0 spiro atoms. The number of benzene rings is 2. The topological polar surface area (TPSA) is 81.9 Å². The fraction of sp³-hybridized carbons (Fsp3) is 0.278. The number of carbonyl (C=O) groups is 1. The van der Waals surface area contributed by atoms with E-state index in [1.165, 1.54) is 18.2 Å². The van der Waals surface area contributed by atoms with Crippen LogP contribution in [0.15, 0.2) is 36.4 Å². The van der Waals surface area contributed by atoms with Crippen LogP contribution in [0.2, 0.25) is 5.02 Å². The van der Waals surface area contributed by atoms with E-state index in [0.29, 0.717) is 18.0 Å². The van der Waals surface area contributed by atoms with Crippen LogP contribution < -0.4 is 9.47 Å². The first-order chi connectivity index (χ1) is 12.5. The van der Waals surface area contributed by atoms with E-state index in [2.05, 4.69) is 0 Å². The molecule has 0 N–H and O–H groups in total. The maximum Gasteiger partial charge on any atom is 0.288 e. The number of nitrogens with zero attached hydrogens (tertiary/aromatic N) is 2. The Hall–Kier alpha value is -2.80. The second kappa shape index (κ2) is 6.49. The van der Waals surface area contributed by atoms with Gasteiger partial charge in [-0.15, -0.1) is 0 Å². The van der Waals surface area contributed by atoms with Crippen molar-refractivity contribution in [3.05, 3.63) is 62.7 Å². The van der Waals surface area contributed by atoms with Gasteiger partial charge in [-0.1, -0.05) is 17.7 Å². The zero-order valence-electron chi connectivity index (χ0n) is 13.7. The molecular formula is C18H15ClN2O5. The number of amides is 1. The monoisotopic (exact) mass is 374 g/mol. The molecule has 1 amide bonds. The van der Waals surface area contributed by atoms with Crippen LogP contribution in [-0.2, 0) is 6.54 Å². The lowest BCUT2D eigenvalue weighted by molar-refractivity contribution is -0.384. The SMILES string of the molecule is O=C(c1ccc(Cl)c([N+](=O)[O-])c1)N(Cc1ccc2c(c1)OCO2)C1CC1. The van der Waals surface area contributed by atoms with Gasteiger partial charge in [0.05, 0.1) is 4.92 Å². The normalized spacial score (nSPS) is 15.0. The van der Waals surface area contributed by atoms with Gasteiger partial charge >= 0.3 is 0 Å². The van der Waals surface area contributed by atoms with Gasteiger partial charge in [0.25, 0.3) is 11.6 Å². The van der Waals surface area contributed by atoms with Crippen LogP contribution in [0.3, 0.4) is 0 Å². The molecule has 1 fully saturated rings. The molecule has 1 heterocycles. The van der Waals surface area contributed by atoms with Gasteiger partial charge < -0.3 is 14.4 Å². The quantitative estimate of drug-likeness (QED) is 0.587. The number of nitro groups is 1. The Morgan fingerprint density at radius 3 is 2.69 bits per heavy atom. The fourth-order valence-electron chi connectivity index (χ4n) is 2.94. The summed E-state index contributed by atoms with van der Waals surface area (Å²) >= 11 is 5.84. The second-order valence-corrected chi connectivity index (χ2v) is 6.68. The molecule has 1 aliphatic carbocycles. The predicted molar refractivity (Wildman–Crippen MR) is 93.6 cm³/mol. The number of fused-ring (bicyclic) bond motifs is 1. The molecule has 0 aromatic heterocycles. The zero-order chi connectivity index (χ0) is 18.3. The van der Waals surface area contributed by atoms with Crippen molar-refractivity contribution in [1.29, 1.82) is 0 Å². The molecule has 0 atom stereocenters. The van der Waals surface area contributed by atoms with Crippen LogP contribution in [0.25, 0.3) is 0 Å². The molecule has 134 valence electrons. The summed E-state index contributed by atoms with van der Waals surface area (Å²) in [5.41, 5.74) is 0.906. The van der Waals surface area contributed by atoms with E-state index < -0.39 is 4.92 Å². The predicted octanol–water partition coefficient (Wildman–Crippen LogP) is 3.78. The molecule has 0 radical (unpaired) electrons. The lowest BCUT2D eigenvalue weighted by atomic mass is 10.1. The van der Waals surface area contributed by atoms with E-state index in [1.807, 2.05) is 18.2 Å². The third-order valence-corrected chi connectivity index (χ3v) is 4.75. The highest BCUT2D eigenvalue weighted by atomic mass is 35.5. The highest BCUT2D eigenvalue weighted by Gasteiger charge is 2.34. The summed E-state index contributed by atoms with van der Waals surface area (Å²) < 4.78 is 10.7. The number of hydrogen-bond donors (Lipinski definition) is 0. The molecule has 1 aliphatic heterocycles. The minimum atomic E-state index is -0.585. The summed E-state index contributed by atoms with van der Waals surface area (Å²) in [5.74, 6) is 1.10. The van der Waals surface area contributed by atoms with Crippen LogP contribution in [-0.4, -0.2) is 28.6 Å². The van der Waals surface area contributed by atoms with Crippen molar-refractivity contribution in [3.63, 3.8) is 0 Å². The van der Waals surface area contributed by atoms with Gasteiger partial charge in [-0.3, -0.25) is 14.9 Å². The lowest BCUT2D eigenvalue weighted by Gasteiger charge is -2.23. The van der Waals surface area contributed by atoms with Crippen molar-refractivity contribution < 1.29 is 19.2 Å². The Bertz CT molecular complexity index is 897. The third-order valence-electron chi connectivity index (χ3n) is 4.43. The van der Waals surface area contributed by atoms with Crippen LogP contribution in [0.5, 0.6) is 11.5 Å². The lowest BCUT2D eigenvalue weighted by Crippen LogP contribution is -2.32. The Labute approximate surface area is 154 Å². The summed E-state index contributed by atoms with van der Waals surface area (Å²) in [6.07, 6.45) is 1.85. The molecular weight excluding hydrogens is 360 g/mol. The van der Waals surface area contributed by atoms with Crippen LogP contribution >= 0.6 is 11.6 Å². The van der Waals surface area contributed by atoms with Crippen molar-refractivity contribution in [2.45, 2.75) is 25.4 Å². The van der Waals surface area contributed by atoms with Crippen molar-refractivity contribution in [3.8, 4) is 11.5 Å². The summed E-state index contributed by atoms with van der Waals surface area (Å²) in [7, 11) is 0. The summed E-state index contributed by atoms with van der Waals surface area (Å²) in [6.45, 7) is 0.592. The number of hydrogen-bond acceptors (Lipinski definition) is 5. The largest absolute Gasteiger partial charge is 0.454 e. The van der Waals surface area contributed by atoms with Crippen LogP contribution in [0, 0.1) is 10.1 Å². The average Bonchev–Trinajstić information content (AvgIpc) is 3.36. The minimum Gasteiger partial charge on any atom is -0.454 e. The van der Waals surface area contributed by atoms with Crippen LogP contribution in [0.1, 0.15) is 28.8 Å². The highest BCUT2D eigenvalue weighted by Crippen LogP contribution is 2.35. The number of carbonyl (C=O) groups excluding carboxylic acids is 1. The van der Waals surface area contributed by atoms with E-state index >= 15 is 0 Å². The smallest absolute Gasteiger partial charge is 0.288 e. The molecule has 1 saturated carbocycles. The fourth-order valence-corrected chi connectivity index (χ4v) is 3.13. The molecule has 0 unspecified atom stereocenters. The third kappa shape index (κ3) is 3.17. The Morgan fingerprint density at radius 2 is 1.96 bits per heavy atom. The number of rotatable bonds is 5. The molecule has 0 saturated heterocycles. The molecule has 0 bridgehead atoms. The first-order valence-electron chi connectivity index (χ1n) is 8.16. The number of ether oxygens (including phenoxy) is 2. The van der Waals surface area contributed by atoms with E-state index in [0.717, 1.165) is 18.4 Å². The molecule has 8 heteroatoms. The van der Waals surface area contributed by atoms with Crippen molar-refractivity contribution in [2.24, 2.45) is 0 Å². The maximum absolute atomic E-state index is 13.0. The van der Waals surface area contributed by atoms with Gasteiger partial charge in [0.2, 0.25) is 6.79 Å². The van der Waals surface area contributed by atoms with E-state index in [9.17, 15) is 14.9 Å². The van der Waals surface area contributed by atoms with Gasteiger partial charge in [0.1, 0.15) is 5.02 Å². The van der Waals surface area contributed by atoms with Gasteiger partial charge in [0.15, 0.2) is 11.5 Å². The molecule has 7 nitrogen and oxygen atoms in total. The first kappa shape index (κ1) is 16.7. The van der Waals surface area contributed by atoms with Gasteiger partial charge in [-0.2, -0.15) is 0 Å². The zero-order valence-corrected chi connectivity index (χ0v) is 14.4. The molecule has 2 aromatic rings. The minimum absolute atomic E-state index is 0.0142. The van der Waals surface area contributed by atoms with E-state index in [1.54, 1.807) is 4.90 Å². The Morgan fingerprint density at radius 1 is 1.19 bits per heavy atom. The summed E-state index contributed by atoms with van der Waals surface area (Å²) in [6, 6.07) is 9.85. The summed E-state index contributed by atoms with van der Waals surface area (Å²) in [4.78, 5) is 25.2. The van der Waals surface area contributed by atoms with Crippen LogP contribution in [0.4, 0.5) is 5.69 Å².